The molecule has 0 amide bonds. The maximum Gasteiger partial charge on any atom is 0.252 e. The van der Waals surface area contributed by atoms with Crippen molar-refractivity contribution in [2.75, 3.05) is 14.7 Å². The Morgan fingerprint density at radius 2 is 0.963 bits per heavy atom. The topological polar surface area (TPSA) is 19.0 Å². The second-order valence-corrected chi connectivity index (χ2v) is 29.8. The van der Waals surface area contributed by atoms with Crippen molar-refractivity contribution in [1.82, 2.24) is 4.57 Å². The third kappa shape index (κ3) is 7.84. The van der Waals surface area contributed by atoms with E-state index in [1.54, 1.807) is 0 Å². The van der Waals surface area contributed by atoms with Crippen LogP contribution in [0, 0.1) is 6.57 Å². The van der Waals surface area contributed by atoms with Gasteiger partial charge in [0.25, 0.3) is 6.71 Å². The highest BCUT2D eigenvalue weighted by molar-refractivity contribution is 7.26. The molecule has 11 aromatic rings. The normalized spacial score (nSPS) is 14.0. The number of benzene rings is 9. The van der Waals surface area contributed by atoms with Gasteiger partial charge in [0.2, 0.25) is 0 Å². The van der Waals surface area contributed by atoms with E-state index in [0.29, 0.717) is 5.69 Å². The van der Waals surface area contributed by atoms with Crippen LogP contribution in [0.2, 0.25) is 0 Å². The minimum atomic E-state index is -0.182. The minimum Gasteiger partial charge on any atom is -0.312 e. The average Bonchev–Trinajstić information content (AvgIpc) is 2.15. The van der Waals surface area contributed by atoms with E-state index in [1.807, 2.05) is 11.3 Å². The summed E-state index contributed by atoms with van der Waals surface area (Å²) in [4.78, 5) is 12.0. The predicted molar refractivity (Wildman–Crippen MR) is 356 cm³/mol. The fraction of sp³-hybridized carbons (Fsp3) is 0.267. The van der Waals surface area contributed by atoms with Gasteiger partial charge in [0.05, 0.1) is 40.4 Å². The van der Waals surface area contributed by atoms with Gasteiger partial charge in [-0.25, -0.2) is 4.85 Å². The number of hydrogen-bond donors (Lipinski definition) is 0. The summed E-state index contributed by atoms with van der Waals surface area (Å²) in [7, 11) is 0. The zero-order valence-electron chi connectivity index (χ0n) is 50.3. The molecule has 5 nitrogen and oxygen atoms in total. The maximum absolute atomic E-state index is 9.01. The van der Waals surface area contributed by atoms with Crippen molar-refractivity contribution in [1.29, 1.82) is 0 Å². The lowest BCUT2D eigenvalue weighted by Crippen LogP contribution is -2.62. The van der Waals surface area contributed by atoms with E-state index >= 15 is 0 Å². The van der Waals surface area contributed by atoms with E-state index in [1.165, 1.54) is 97.6 Å². The summed E-state index contributed by atoms with van der Waals surface area (Å²) in [6.07, 6.45) is 0. The summed E-state index contributed by atoms with van der Waals surface area (Å²) in [6.45, 7) is 43.6. The fourth-order valence-corrected chi connectivity index (χ4v) is 14.6. The first-order valence-corrected chi connectivity index (χ1v) is 30.1. The number of fused-ring (bicyclic) bond motifs is 12. The van der Waals surface area contributed by atoms with Gasteiger partial charge in [0.15, 0.2) is 5.69 Å². The maximum atomic E-state index is 9.01. The van der Waals surface area contributed by atoms with Crippen LogP contribution in [-0.4, -0.2) is 11.3 Å². The Balaban J connectivity index is 1.12. The molecule has 0 bridgehead atoms. The van der Waals surface area contributed by atoms with Crippen LogP contribution in [0.4, 0.5) is 56.9 Å². The van der Waals surface area contributed by atoms with Gasteiger partial charge in [-0.3, -0.25) is 0 Å². The smallest absolute Gasteiger partial charge is 0.252 e. The molecule has 0 radical (unpaired) electrons. The molecule has 406 valence electrons. The molecule has 0 saturated heterocycles. The molecule has 0 aliphatic carbocycles. The second-order valence-electron chi connectivity index (χ2n) is 28.7. The summed E-state index contributed by atoms with van der Waals surface area (Å²) in [5.74, 6) is 0. The van der Waals surface area contributed by atoms with Gasteiger partial charge in [0.1, 0.15) is 0 Å². The third-order valence-corrected chi connectivity index (χ3v) is 19.2. The first-order valence-electron chi connectivity index (χ1n) is 29.3. The predicted octanol–water partition coefficient (Wildman–Crippen LogP) is 20.1. The van der Waals surface area contributed by atoms with Crippen LogP contribution >= 0.6 is 11.3 Å². The molecule has 3 aliphatic rings. The highest BCUT2D eigenvalue weighted by Gasteiger charge is 2.48. The number of anilines is 9. The molecule has 0 unspecified atom stereocenters. The van der Waals surface area contributed by atoms with E-state index < -0.39 is 0 Å². The lowest BCUT2D eigenvalue weighted by atomic mass is 9.33. The quantitative estimate of drug-likeness (QED) is 0.129. The van der Waals surface area contributed by atoms with Crippen LogP contribution in [0.25, 0.3) is 52.5 Å². The number of thiophene rings is 1. The lowest BCUT2D eigenvalue weighted by Gasteiger charge is -2.47. The second kappa shape index (κ2) is 17.5. The van der Waals surface area contributed by atoms with Crippen molar-refractivity contribution in [2.45, 2.75) is 131 Å². The van der Waals surface area contributed by atoms with Crippen molar-refractivity contribution in [3.05, 3.63) is 203 Å². The van der Waals surface area contributed by atoms with Gasteiger partial charge in [-0.05, 0) is 168 Å². The highest BCUT2D eigenvalue weighted by Crippen LogP contribution is 2.56. The van der Waals surface area contributed by atoms with Crippen LogP contribution < -0.4 is 31.1 Å². The van der Waals surface area contributed by atoms with Crippen LogP contribution in [0.15, 0.2) is 164 Å². The van der Waals surface area contributed by atoms with Crippen molar-refractivity contribution >= 4 is 133 Å². The number of hydrogen-bond acceptors (Lipinski definition) is 4. The Morgan fingerprint density at radius 1 is 0.415 bits per heavy atom. The number of rotatable bonds is 4. The standard InChI is InChI=1S/C75H72BN5S/c1-71(2,3)44-24-29-50(30-25-44)78(51-31-26-45(27-32-51)72(4,5)6)52-33-34-56-60(43-52)79(59-21-19-23-66-67(59)53-20-17-18-22-65(53)82-66)61-41-49(77-16)42-62-68(61)76(56)57-38-48(75(13,14)15)40-64-70(57)81(62)63-39-47(74(10,11)12)37-55-54-36-46(73(7,8)9)28-35-58(54)80(64)69(55)63/h17-43H,1-15H3. The molecule has 2 aromatic heterocycles. The van der Waals surface area contributed by atoms with Crippen LogP contribution in [0.5, 0.6) is 0 Å². The fourth-order valence-electron chi connectivity index (χ4n) is 13.5. The number of nitrogens with zero attached hydrogens (tertiary/aromatic N) is 5. The molecule has 9 aromatic carbocycles. The van der Waals surface area contributed by atoms with Gasteiger partial charge in [-0.15, -0.1) is 11.3 Å². The zero-order valence-corrected chi connectivity index (χ0v) is 51.1. The molecule has 0 atom stereocenters. The van der Waals surface area contributed by atoms with Crippen LogP contribution in [-0.2, 0) is 27.1 Å². The van der Waals surface area contributed by atoms with Gasteiger partial charge in [0, 0.05) is 65.1 Å². The largest absolute Gasteiger partial charge is 0.312 e. The SMILES string of the molecule is [C-]#[N+]c1cc2c3c(c1)N1c4c(cc(C(C)(C)C)cc4-n4c5ccc(C(C)(C)C)cc5c5cc(C(C)(C)C)cc1c54)B3c1ccc(N(c3ccc(C(C)(C)C)cc3)c3ccc(C(C)(C)C)cc3)cc1N2c1cccc2sc3ccccc3c12. The van der Waals surface area contributed by atoms with E-state index in [-0.39, 0.29) is 33.8 Å². The summed E-state index contributed by atoms with van der Waals surface area (Å²) >= 11 is 1.85. The van der Waals surface area contributed by atoms with Crippen molar-refractivity contribution in [3.8, 4) is 5.69 Å². The van der Waals surface area contributed by atoms with Crippen molar-refractivity contribution < 1.29 is 0 Å². The summed E-state index contributed by atoms with van der Waals surface area (Å²) in [5, 5.41) is 4.98. The molecule has 0 spiro atoms. The Kier molecular flexibility index (Phi) is 11.1. The van der Waals surface area contributed by atoms with Gasteiger partial charge in [-0.1, -0.05) is 171 Å². The molecular weight excluding hydrogens is 1010 g/mol. The van der Waals surface area contributed by atoms with Crippen LogP contribution in [0.3, 0.4) is 0 Å². The van der Waals surface area contributed by atoms with Crippen LogP contribution in [0.1, 0.15) is 132 Å². The lowest BCUT2D eigenvalue weighted by molar-refractivity contribution is 0.590. The van der Waals surface area contributed by atoms with Gasteiger partial charge in [-0.2, -0.15) is 0 Å². The van der Waals surface area contributed by atoms with E-state index in [2.05, 4.69) is 292 Å². The Morgan fingerprint density at radius 3 is 1.59 bits per heavy atom. The molecule has 5 heterocycles. The van der Waals surface area contributed by atoms with E-state index in [4.69, 9.17) is 6.57 Å². The average molecular weight is 1090 g/mol. The first kappa shape index (κ1) is 52.1. The molecule has 0 fully saturated rings. The van der Waals surface area contributed by atoms with E-state index in [0.717, 1.165) is 45.5 Å². The van der Waals surface area contributed by atoms with Crippen molar-refractivity contribution in [3.63, 3.8) is 0 Å². The molecule has 0 N–H and O–H groups in total. The van der Waals surface area contributed by atoms with Gasteiger partial charge >= 0.3 is 0 Å². The molecule has 82 heavy (non-hydrogen) atoms. The molecule has 0 saturated carbocycles. The van der Waals surface area contributed by atoms with E-state index in [9.17, 15) is 0 Å². The molecule has 3 aliphatic heterocycles. The van der Waals surface area contributed by atoms with Crippen molar-refractivity contribution in [2.24, 2.45) is 0 Å². The Bertz CT molecular complexity index is 4490. The minimum absolute atomic E-state index is 0.000419. The molecule has 7 heteroatoms. The Hall–Kier alpha value is -8.05. The first-order chi connectivity index (χ1) is 38.8. The molecular formula is C75H72BN5S. The summed E-state index contributed by atoms with van der Waals surface area (Å²) < 4.78 is 5.09. The number of aromatic nitrogens is 1. The monoisotopic (exact) mass is 1090 g/mol. The zero-order chi connectivity index (χ0) is 57.5. The highest BCUT2D eigenvalue weighted by atomic mass is 32.1. The third-order valence-electron chi connectivity index (χ3n) is 18.0. The van der Waals surface area contributed by atoms with Gasteiger partial charge < -0.3 is 19.3 Å². The Labute approximate surface area is 489 Å². The summed E-state index contributed by atoms with van der Waals surface area (Å²) in [6, 6.07) is 63.0. The summed E-state index contributed by atoms with van der Waals surface area (Å²) in [5.41, 5.74) is 23.9. The molecule has 14 rings (SSSR count).